The quantitative estimate of drug-likeness (QED) is 0.159. The Morgan fingerprint density at radius 1 is 0.750 bits per heavy atom. The summed E-state index contributed by atoms with van der Waals surface area (Å²) in [6.07, 6.45) is 6.74. The van der Waals surface area contributed by atoms with Crippen LogP contribution in [0.3, 0.4) is 0 Å². The Kier molecular flexibility index (Phi) is 18.8. The van der Waals surface area contributed by atoms with E-state index in [4.69, 9.17) is 0 Å². The molecule has 44 heavy (non-hydrogen) atoms. The number of hydrogen-bond acceptors (Lipinski definition) is 0. The van der Waals surface area contributed by atoms with Gasteiger partial charge < -0.3 is 7.43 Å². The average molecular weight is 711 g/mol. The van der Waals surface area contributed by atoms with E-state index in [1.807, 2.05) is 24.3 Å². The molecule has 0 aliphatic heterocycles. The first kappa shape index (κ1) is 44.6. The van der Waals surface area contributed by atoms with E-state index in [-0.39, 0.29) is 43.1 Å². The summed E-state index contributed by atoms with van der Waals surface area (Å²) in [6.45, 7) is 26.8. The van der Waals surface area contributed by atoms with Crippen molar-refractivity contribution in [3.63, 3.8) is 0 Å². The molecule has 0 fully saturated rings. The zero-order valence-electron chi connectivity index (χ0n) is 29.6. The van der Waals surface area contributed by atoms with Crippen LogP contribution in [-0.4, -0.2) is 4.21 Å². The number of benzene rings is 3. The fourth-order valence-corrected chi connectivity index (χ4v) is 5.10. The molecule has 0 aromatic heterocycles. The van der Waals surface area contributed by atoms with Crippen LogP contribution in [0.1, 0.15) is 104 Å². The molecule has 1 atom stereocenters. The van der Waals surface area contributed by atoms with Crippen LogP contribution in [0.2, 0.25) is 0 Å². The largest absolute Gasteiger partial charge is 0.358 e. The molecule has 0 nitrogen and oxygen atoms in total. The molecule has 2 aliphatic carbocycles. The zero-order valence-corrected chi connectivity index (χ0v) is 33.7. The van der Waals surface area contributed by atoms with Crippen molar-refractivity contribution >= 4 is 29.0 Å². The summed E-state index contributed by atoms with van der Waals surface area (Å²) < 4.78 is 3.34. The van der Waals surface area contributed by atoms with Gasteiger partial charge in [0.1, 0.15) is 0 Å². The summed E-state index contributed by atoms with van der Waals surface area (Å²) in [4.78, 5) is 0. The van der Waals surface area contributed by atoms with Crippen LogP contribution in [0, 0.1) is 43.9 Å². The van der Waals surface area contributed by atoms with Crippen molar-refractivity contribution in [3.8, 4) is 11.1 Å². The van der Waals surface area contributed by atoms with Gasteiger partial charge >= 0.3 is 28.4 Å². The Morgan fingerprint density at radius 3 is 1.66 bits per heavy atom. The Labute approximate surface area is 299 Å². The number of rotatable bonds is 0. The second kappa shape index (κ2) is 18.6. The minimum absolute atomic E-state index is 0. The summed E-state index contributed by atoms with van der Waals surface area (Å²) in [6, 6.07) is 25.9. The number of fused-ring (bicyclic) bond motifs is 3. The predicted octanol–water partition coefficient (Wildman–Crippen LogP) is 12.1. The summed E-state index contributed by atoms with van der Waals surface area (Å²) in [5, 5.41) is 0. The molecule has 2 aliphatic rings. The Morgan fingerprint density at radius 2 is 1.27 bits per heavy atom. The molecule has 0 spiro atoms. The van der Waals surface area contributed by atoms with Crippen molar-refractivity contribution in [2.24, 2.45) is 11.3 Å². The maximum Gasteiger partial charge on any atom is -0.358 e. The molecule has 3 aromatic carbocycles. The van der Waals surface area contributed by atoms with E-state index in [0.29, 0.717) is 11.3 Å². The second-order valence-corrected chi connectivity index (χ2v) is 14.3. The topological polar surface area (TPSA) is 0 Å². The number of hydrogen-bond donors (Lipinski definition) is 0. The van der Waals surface area contributed by atoms with E-state index in [9.17, 15) is 0 Å². The summed E-state index contributed by atoms with van der Waals surface area (Å²) >= 11 is 1.30. The van der Waals surface area contributed by atoms with E-state index in [0.717, 1.165) is 6.42 Å². The van der Waals surface area contributed by atoms with Gasteiger partial charge in [0, 0.05) is 0 Å². The monoisotopic (exact) mass is 708 g/mol. The van der Waals surface area contributed by atoms with Gasteiger partial charge in [-0.25, -0.2) is 5.57 Å². The minimum Gasteiger partial charge on any atom is -0.358 e. The molecule has 0 amide bonds. The van der Waals surface area contributed by atoms with Crippen molar-refractivity contribution in [1.29, 1.82) is 0 Å². The fraction of sp³-hybridized carbons (Fsp3) is 0.415. The van der Waals surface area contributed by atoms with Gasteiger partial charge in [-0.15, -0.1) is 30.4 Å². The third kappa shape index (κ3) is 12.7. The smallest absolute Gasteiger partial charge is 0.358 e. The molecule has 3 aromatic rings. The first-order valence-electron chi connectivity index (χ1n) is 14.8. The predicted molar refractivity (Wildman–Crippen MR) is 198 cm³/mol. The molecule has 0 saturated heterocycles. The first-order chi connectivity index (χ1) is 19.0. The zero-order chi connectivity index (χ0) is 31.2. The van der Waals surface area contributed by atoms with E-state index in [2.05, 4.69) is 142 Å². The fourth-order valence-electron chi connectivity index (χ4n) is 5.10. The molecule has 0 N–H and O–H groups in total. The molecule has 3 heteroatoms. The van der Waals surface area contributed by atoms with Crippen LogP contribution in [0.15, 0.2) is 71.8 Å². The summed E-state index contributed by atoms with van der Waals surface area (Å²) in [5.74, 6) is 0.518. The maximum atomic E-state index is 3.53. The number of aryl methyl sites for hydroxylation is 1. The molecule has 0 saturated carbocycles. The van der Waals surface area contributed by atoms with E-state index in [1.54, 1.807) is 0 Å². The van der Waals surface area contributed by atoms with E-state index in [1.165, 1.54) is 74.3 Å². The third-order valence-corrected chi connectivity index (χ3v) is 7.48. The van der Waals surface area contributed by atoms with Crippen LogP contribution < -0.4 is 0 Å². The van der Waals surface area contributed by atoms with Crippen molar-refractivity contribution < 1.29 is 24.2 Å². The van der Waals surface area contributed by atoms with Gasteiger partial charge in [-0.1, -0.05) is 129 Å². The third-order valence-electron chi connectivity index (χ3n) is 7.48. The molecule has 0 bridgehead atoms. The van der Waals surface area contributed by atoms with Gasteiger partial charge in [-0.2, -0.15) is 76.9 Å². The van der Waals surface area contributed by atoms with Gasteiger partial charge in [0.15, 0.2) is 0 Å². The number of halogens is 2. The minimum atomic E-state index is 0. The van der Waals surface area contributed by atoms with Crippen LogP contribution in [0.25, 0.3) is 11.1 Å². The molecular weight excluding hydrogens is 655 g/mol. The summed E-state index contributed by atoms with van der Waals surface area (Å²) in [7, 11) is 0. The second-order valence-electron chi connectivity index (χ2n) is 14.3. The van der Waals surface area contributed by atoms with E-state index < -0.39 is 0 Å². The van der Waals surface area contributed by atoms with Crippen molar-refractivity contribution in [2.45, 2.75) is 100 Å². The Hall–Kier alpha value is -1.53. The standard InChI is InChI=1S/C21H25.C11H17.C7H7.CH3.CH2.2ClH.Zr/c1-20(2,3)16-9-7-14-11-15-8-10-17(21(4,5)6)13-19(15)18(14)12-16;1-8-6-9(2)10(7-8)11(3,4)5;1-7-5-3-2-4-6-7;;;;;/h7,9-10,12-13H,11H2,1-6H3;7-8H,1-5H3;3-6H,1H3;1H3;1H2;2*1H;/q4*-1;;;;. The molecular formula is C41H56Cl2Zr-4. The van der Waals surface area contributed by atoms with E-state index >= 15 is 0 Å². The first-order valence-corrected chi connectivity index (χ1v) is 16.5. The summed E-state index contributed by atoms with van der Waals surface area (Å²) in [5.41, 5.74) is 13.1. The molecule has 5 rings (SSSR count). The van der Waals surface area contributed by atoms with Crippen molar-refractivity contribution in [3.05, 3.63) is 125 Å². The molecule has 1 unspecified atom stereocenters. The Balaban J connectivity index is 0. The van der Waals surface area contributed by atoms with Crippen LogP contribution in [0.4, 0.5) is 0 Å². The number of allylic oxidation sites excluding steroid dienone is 4. The van der Waals surface area contributed by atoms with Gasteiger partial charge in [-0.3, -0.25) is 6.08 Å². The maximum absolute atomic E-state index is 3.53. The van der Waals surface area contributed by atoms with Crippen LogP contribution >= 0.6 is 24.8 Å². The molecule has 0 heterocycles. The SMILES string of the molecule is CC(C)(C)c1c[c-]c2c(c1)-c1cc(C(C)(C)C)ccc1C2.CC1=[C-]C(C)C=C1C(C)(C)C.Cc1cc[c-]cc1.Cl.Cl.[CH2]=[Zr].[CH3-]. The van der Waals surface area contributed by atoms with Gasteiger partial charge in [-0.05, 0) is 17.4 Å². The van der Waals surface area contributed by atoms with Crippen molar-refractivity contribution in [1.82, 2.24) is 0 Å². The normalized spacial score (nSPS) is 14.4. The average Bonchev–Trinajstić information content (AvgIpc) is 3.43. The van der Waals surface area contributed by atoms with Gasteiger partial charge in [0.05, 0.1) is 0 Å². The van der Waals surface area contributed by atoms with Crippen LogP contribution in [0.5, 0.6) is 0 Å². The molecule has 242 valence electrons. The van der Waals surface area contributed by atoms with Crippen LogP contribution in [-0.2, 0) is 41.5 Å². The molecule has 0 radical (unpaired) electrons. The van der Waals surface area contributed by atoms with Gasteiger partial charge in [0.25, 0.3) is 0 Å². The van der Waals surface area contributed by atoms with Gasteiger partial charge in [0.2, 0.25) is 0 Å². The Bertz CT molecular complexity index is 1300. The van der Waals surface area contributed by atoms with Crippen molar-refractivity contribution in [2.75, 3.05) is 0 Å².